The second-order valence-corrected chi connectivity index (χ2v) is 5.57. The van der Waals surface area contributed by atoms with Crippen LogP contribution in [0.5, 0.6) is 0 Å². The van der Waals surface area contributed by atoms with Crippen LogP contribution in [0.15, 0.2) is 34.9 Å². The van der Waals surface area contributed by atoms with Crippen molar-refractivity contribution in [1.29, 1.82) is 0 Å². The highest BCUT2D eigenvalue weighted by Gasteiger charge is 2.35. The minimum atomic E-state index is -4.41. The van der Waals surface area contributed by atoms with Crippen molar-refractivity contribution in [3.8, 4) is 0 Å². The largest absolute Gasteiger partial charge is 0.443 e. The molecule has 0 bridgehead atoms. The van der Waals surface area contributed by atoms with Crippen molar-refractivity contribution >= 4 is 27.3 Å². The van der Waals surface area contributed by atoms with Crippen LogP contribution in [0.3, 0.4) is 0 Å². The summed E-state index contributed by atoms with van der Waals surface area (Å²) in [5.74, 6) is 0. The summed E-state index contributed by atoms with van der Waals surface area (Å²) in [6.45, 7) is 0. The van der Waals surface area contributed by atoms with Gasteiger partial charge in [0, 0.05) is 15.5 Å². The number of alkyl halides is 3. The molecule has 0 aliphatic heterocycles. The molecular weight excluding hydrogens is 329 g/mol. The van der Waals surface area contributed by atoms with Gasteiger partial charge in [-0.2, -0.15) is 13.2 Å². The van der Waals surface area contributed by atoms with E-state index >= 15 is 0 Å². The maximum absolute atomic E-state index is 12.4. The summed E-state index contributed by atoms with van der Waals surface area (Å²) in [6.07, 6.45) is -3.23. The Hall–Kier alpha value is -0.920. The van der Waals surface area contributed by atoms with Crippen molar-refractivity contribution in [3.63, 3.8) is 0 Å². The lowest BCUT2D eigenvalue weighted by atomic mass is 10.1. The van der Waals surface area contributed by atoms with Crippen LogP contribution in [0.1, 0.15) is 21.5 Å². The summed E-state index contributed by atoms with van der Waals surface area (Å²) in [4.78, 5) is 3.75. The minimum Gasteiger partial charge on any atom is -0.320 e. The molecule has 0 saturated carbocycles. The molecule has 1 aromatic heterocycles. The highest BCUT2D eigenvalue weighted by atomic mass is 79.9. The SMILES string of the molecule is NC(c1ccc(Br)cc1)c1cnc(C(F)(F)F)s1. The van der Waals surface area contributed by atoms with E-state index in [1.165, 1.54) is 6.20 Å². The van der Waals surface area contributed by atoms with Gasteiger partial charge in [0.2, 0.25) is 0 Å². The zero-order valence-electron chi connectivity index (χ0n) is 8.91. The summed E-state index contributed by atoms with van der Waals surface area (Å²) in [6, 6.07) is 6.53. The number of benzene rings is 1. The predicted octanol–water partition coefficient (Wildman–Crippen LogP) is 3.97. The number of nitrogens with two attached hydrogens (primary N) is 1. The van der Waals surface area contributed by atoms with Crippen LogP contribution in [0.4, 0.5) is 13.2 Å². The molecule has 0 spiro atoms. The van der Waals surface area contributed by atoms with E-state index in [-0.39, 0.29) is 0 Å². The molecule has 0 aliphatic carbocycles. The lowest BCUT2D eigenvalue weighted by molar-refractivity contribution is -0.137. The molecule has 1 heterocycles. The maximum atomic E-state index is 12.4. The van der Waals surface area contributed by atoms with Gasteiger partial charge in [-0.15, -0.1) is 11.3 Å². The Morgan fingerprint density at radius 1 is 1.22 bits per heavy atom. The fourth-order valence-electron chi connectivity index (χ4n) is 1.40. The van der Waals surface area contributed by atoms with Crippen molar-refractivity contribution < 1.29 is 13.2 Å². The first-order valence-corrected chi connectivity index (χ1v) is 6.53. The summed E-state index contributed by atoms with van der Waals surface area (Å²) in [7, 11) is 0. The number of hydrogen-bond acceptors (Lipinski definition) is 3. The van der Waals surface area contributed by atoms with Crippen LogP contribution >= 0.6 is 27.3 Å². The quantitative estimate of drug-likeness (QED) is 0.901. The lowest BCUT2D eigenvalue weighted by Crippen LogP contribution is -2.09. The molecule has 0 amide bonds. The third kappa shape index (κ3) is 2.90. The topological polar surface area (TPSA) is 38.9 Å². The molecule has 1 atom stereocenters. The molecule has 0 fully saturated rings. The Morgan fingerprint density at radius 3 is 2.33 bits per heavy atom. The average Bonchev–Trinajstić information content (AvgIpc) is 2.78. The van der Waals surface area contributed by atoms with Crippen LogP contribution in [0.25, 0.3) is 0 Å². The molecule has 18 heavy (non-hydrogen) atoms. The van der Waals surface area contributed by atoms with E-state index in [1.807, 2.05) is 0 Å². The molecular formula is C11H8BrF3N2S. The van der Waals surface area contributed by atoms with E-state index in [4.69, 9.17) is 5.73 Å². The van der Waals surface area contributed by atoms with Crippen LogP contribution in [0, 0.1) is 0 Å². The first-order valence-electron chi connectivity index (χ1n) is 4.92. The molecule has 96 valence electrons. The van der Waals surface area contributed by atoms with Crippen molar-refractivity contribution in [1.82, 2.24) is 4.98 Å². The molecule has 7 heteroatoms. The number of rotatable bonds is 2. The number of halogens is 4. The Balaban J connectivity index is 2.26. The van der Waals surface area contributed by atoms with Crippen LogP contribution in [-0.4, -0.2) is 4.98 Å². The van der Waals surface area contributed by atoms with Gasteiger partial charge in [-0.25, -0.2) is 4.98 Å². The first-order chi connectivity index (χ1) is 8.38. The maximum Gasteiger partial charge on any atom is 0.443 e. The van der Waals surface area contributed by atoms with Crippen molar-refractivity contribution in [2.45, 2.75) is 12.2 Å². The van der Waals surface area contributed by atoms with E-state index < -0.39 is 17.2 Å². The Bertz CT molecular complexity index is 536. The third-order valence-electron chi connectivity index (χ3n) is 2.30. The predicted molar refractivity (Wildman–Crippen MR) is 67.3 cm³/mol. The van der Waals surface area contributed by atoms with E-state index in [0.29, 0.717) is 16.2 Å². The van der Waals surface area contributed by atoms with Crippen molar-refractivity contribution in [2.75, 3.05) is 0 Å². The van der Waals surface area contributed by atoms with Crippen LogP contribution in [-0.2, 0) is 6.18 Å². The normalized spacial score (nSPS) is 13.6. The van der Waals surface area contributed by atoms with Gasteiger partial charge in [0.25, 0.3) is 0 Å². The molecule has 1 unspecified atom stereocenters. The number of hydrogen-bond donors (Lipinski definition) is 1. The van der Waals surface area contributed by atoms with Crippen molar-refractivity contribution in [2.24, 2.45) is 5.73 Å². The van der Waals surface area contributed by atoms with E-state index in [0.717, 1.165) is 10.0 Å². The number of aromatic nitrogens is 1. The average molecular weight is 337 g/mol. The minimum absolute atomic E-state index is 0.393. The standard InChI is InChI=1S/C11H8BrF3N2S/c12-7-3-1-6(2-4-7)9(16)8-5-17-10(18-8)11(13,14)15/h1-5,9H,16H2. The van der Waals surface area contributed by atoms with Gasteiger partial charge in [-0.05, 0) is 17.7 Å². The van der Waals surface area contributed by atoms with Gasteiger partial charge < -0.3 is 5.73 Å². The second-order valence-electron chi connectivity index (χ2n) is 3.59. The monoisotopic (exact) mass is 336 g/mol. The number of thiazole rings is 1. The van der Waals surface area contributed by atoms with Gasteiger partial charge in [0.05, 0.1) is 6.04 Å². The summed E-state index contributed by atoms with van der Waals surface area (Å²) >= 11 is 3.86. The van der Waals surface area contributed by atoms with Gasteiger partial charge >= 0.3 is 6.18 Å². The highest BCUT2D eigenvalue weighted by Crippen LogP contribution is 2.35. The van der Waals surface area contributed by atoms with Gasteiger partial charge in [0.1, 0.15) is 0 Å². The summed E-state index contributed by atoms with van der Waals surface area (Å²) < 4.78 is 38.2. The molecule has 1 aromatic carbocycles. The fourth-order valence-corrected chi connectivity index (χ4v) is 2.47. The second kappa shape index (κ2) is 4.99. The molecule has 0 saturated heterocycles. The molecule has 0 radical (unpaired) electrons. The van der Waals surface area contributed by atoms with Gasteiger partial charge in [-0.3, -0.25) is 0 Å². The van der Waals surface area contributed by atoms with Crippen LogP contribution in [0.2, 0.25) is 0 Å². The zero-order valence-corrected chi connectivity index (χ0v) is 11.3. The van der Waals surface area contributed by atoms with Crippen molar-refractivity contribution in [3.05, 3.63) is 50.4 Å². The van der Waals surface area contributed by atoms with Gasteiger partial charge in [0.15, 0.2) is 5.01 Å². The summed E-state index contributed by atoms with van der Waals surface area (Å²) in [5.41, 5.74) is 6.66. The Labute approximate surface area is 114 Å². The smallest absolute Gasteiger partial charge is 0.320 e. The Morgan fingerprint density at radius 2 is 1.83 bits per heavy atom. The molecule has 0 aliphatic rings. The summed E-state index contributed by atoms with van der Waals surface area (Å²) in [5, 5.41) is -0.870. The van der Waals surface area contributed by atoms with E-state index in [9.17, 15) is 13.2 Å². The zero-order chi connectivity index (χ0) is 13.3. The molecule has 2 nitrogen and oxygen atoms in total. The molecule has 2 rings (SSSR count). The third-order valence-corrected chi connectivity index (χ3v) is 3.96. The highest BCUT2D eigenvalue weighted by molar-refractivity contribution is 9.10. The first kappa shape index (κ1) is 13.5. The lowest BCUT2D eigenvalue weighted by Gasteiger charge is -2.09. The van der Waals surface area contributed by atoms with E-state index in [1.54, 1.807) is 24.3 Å². The Kier molecular flexibility index (Phi) is 3.74. The van der Waals surface area contributed by atoms with Gasteiger partial charge in [-0.1, -0.05) is 28.1 Å². The molecule has 2 N–H and O–H groups in total. The van der Waals surface area contributed by atoms with Crippen LogP contribution < -0.4 is 5.73 Å². The van der Waals surface area contributed by atoms with E-state index in [2.05, 4.69) is 20.9 Å². The number of nitrogens with zero attached hydrogens (tertiary/aromatic N) is 1. The fraction of sp³-hybridized carbons (Fsp3) is 0.182. The molecule has 2 aromatic rings.